The van der Waals surface area contributed by atoms with Gasteiger partial charge in [0.1, 0.15) is 0 Å². The van der Waals surface area contributed by atoms with Gasteiger partial charge in [0.15, 0.2) is 0 Å². The number of carboxylic acid groups (broad SMARTS) is 1. The fourth-order valence-electron chi connectivity index (χ4n) is 3.53. The van der Waals surface area contributed by atoms with Gasteiger partial charge in [0.05, 0.1) is 11.6 Å². The van der Waals surface area contributed by atoms with Gasteiger partial charge in [-0.2, -0.15) is 0 Å². The van der Waals surface area contributed by atoms with Gasteiger partial charge in [0, 0.05) is 19.6 Å². The molecule has 0 spiro atoms. The predicted molar refractivity (Wildman–Crippen MR) is 103 cm³/mol. The number of carbonyl (C=O) groups excluding carboxylic acids is 1. The van der Waals surface area contributed by atoms with E-state index in [4.69, 9.17) is 4.74 Å². The largest absolute Gasteiger partial charge is 0.478 e. The van der Waals surface area contributed by atoms with E-state index in [9.17, 15) is 14.7 Å². The highest BCUT2D eigenvalue weighted by atomic mass is 16.5. The lowest BCUT2D eigenvalue weighted by molar-refractivity contribution is -0.121. The Morgan fingerprint density at radius 1 is 1.11 bits per heavy atom. The molecule has 142 valence electrons. The van der Waals surface area contributed by atoms with Gasteiger partial charge in [-0.3, -0.25) is 4.79 Å². The third-order valence-corrected chi connectivity index (χ3v) is 5.00. The Morgan fingerprint density at radius 2 is 1.85 bits per heavy atom. The lowest BCUT2D eigenvalue weighted by Crippen LogP contribution is -2.30. The average Bonchev–Trinajstić information content (AvgIpc) is 3.20. The number of amides is 1. The molecular weight excluding hydrogens is 342 g/mol. The molecule has 2 aromatic rings. The number of aryl methyl sites for hydroxylation is 1. The van der Waals surface area contributed by atoms with Crippen LogP contribution in [0.25, 0.3) is 0 Å². The van der Waals surface area contributed by atoms with Gasteiger partial charge in [0.25, 0.3) is 0 Å². The van der Waals surface area contributed by atoms with Gasteiger partial charge in [-0.15, -0.1) is 0 Å². The van der Waals surface area contributed by atoms with Crippen LogP contribution in [-0.2, 0) is 16.0 Å². The summed E-state index contributed by atoms with van der Waals surface area (Å²) < 4.78 is 5.47. The quantitative estimate of drug-likeness (QED) is 0.747. The molecule has 5 heteroatoms. The Morgan fingerprint density at radius 3 is 2.56 bits per heavy atom. The van der Waals surface area contributed by atoms with Crippen molar-refractivity contribution in [2.75, 3.05) is 13.2 Å². The summed E-state index contributed by atoms with van der Waals surface area (Å²) in [7, 11) is 0. The van der Waals surface area contributed by atoms with Gasteiger partial charge in [0.2, 0.25) is 5.91 Å². The number of ether oxygens (including phenoxy) is 1. The van der Waals surface area contributed by atoms with E-state index in [-0.39, 0.29) is 23.9 Å². The highest BCUT2D eigenvalue weighted by Gasteiger charge is 2.23. The molecule has 5 nitrogen and oxygen atoms in total. The molecule has 0 bridgehead atoms. The molecule has 3 rings (SSSR count). The first-order chi connectivity index (χ1) is 13.1. The summed E-state index contributed by atoms with van der Waals surface area (Å²) in [6.07, 6.45) is 2.53. The predicted octanol–water partition coefficient (Wildman–Crippen LogP) is 3.60. The fraction of sp³-hybridized carbons (Fsp3) is 0.364. The van der Waals surface area contributed by atoms with Crippen LogP contribution in [0.4, 0.5) is 0 Å². The van der Waals surface area contributed by atoms with Crippen LogP contribution in [0.1, 0.15) is 46.8 Å². The number of benzene rings is 2. The van der Waals surface area contributed by atoms with Crippen molar-refractivity contribution in [3.05, 3.63) is 71.3 Å². The highest BCUT2D eigenvalue weighted by Crippen LogP contribution is 2.26. The van der Waals surface area contributed by atoms with Crippen LogP contribution in [-0.4, -0.2) is 30.2 Å². The summed E-state index contributed by atoms with van der Waals surface area (Å²) in [4.78, 5) is 23.9. The minimum absolute atomic E-state index is 0.0554. The summed E-state index contributed by atoms with van der Waals surface area (Å²) in [6.45, 7) is 1.53. The van der Waals surface area contributed by atoms with Crippen molar-refractivity contribution in [1.29, 1.82) is 0 Å². The normalized spacial score (nSPS) is 17.4. The van der Waals surface area contributed by atoms with Crippen LogP contribution in [0.2, 0.25) is 0 Å². The molecule has 0 radical (unpaired) electrons. The third-order valence-electron chi connectivity index (χ3n) is 5.00. The monoisotopic (exact) mass is 367 g/mol. The molecule has 1 aliphatic heterocycles. The second-order valence-corrected chi connectivity index (χ2v) is 6.96. The van der Waals surface area contributed by atoms with Gasteiger partial charge in [-0.1, -0.05) is 48.5 Å². The van der Waals surface area contributed by atoms with E-state index in [0.717, 1.165) is 31.6 Å². The number of hydrogen-bond donors (Lipinski definition) is 2. The molecule has 27 heavy (non-hydrogen) atoms. The van der Waals surface area contributed by atoms with Gasteiger partial charge < -0.3 is 15.2 Å². The molecule has 1 heterocycles. The summed E-state index contributed by atoms with van der Waals surface area (Å²) >= 11 is 0. The van der Waals surface area contributed by atoms with Crippen LogP contribution in [0, 0.1) is 5.92 Å². The Labute approximate surface area is 159 Å². The fourth-order valence-corrected chi connectivity index (χ4v) is 3.53. The molecule has 0 saturated carbocycles. The SMILES string of the molecule is O=C(CCc1ccccc1C(=O)O)NC(CC1CCOC1)c1ccccc1. The van der Waals surface area contributed by atoms with Crippen LogP contribution in [0.15, 0.2) is 54.6 Å². The summed E-state index contributed by atoms with van der Waals surface area (Å²) in [5.74, 6) is -0.583. The molecule has 2 N–H and O–H groups in total. The highest BCUT2D eigenvalue weighted by molar-refractivity contribution is 5.89. The maximum Gasteiger partial charge on any atom is 0.335 e. The Balaban J connectivity index is 1.63. The molecule has 2 unspecified atom stereocenters. The van der Waals surface area contributed by atoms with Gasteiger partial charge in [-0.25, -0.2) is 4.79 Å². The molecule has 2 aromatic carbocycles. The summed E-state index contributed by atoms with van der Waals surface area (Å²) in [5.41, 5.74) is 2.03. The number of hydrogen-bond acceptors (Lipinski definition) is 3. The maximum atomic E-state index is 12.6. The van der Waals surface area contributed by atoms with E-state index in [1.54, 1.807) is 24.3 Å². The van der Waals surface area contributed by atoms with Crippen molar-refractivity contribution in [1.82, 2.24) is 5.32 Å². The first-order valence-electron chi connectivity index (χ1n) is 9.36. The number of carboxylic acids is 1. The van der Waals surface area contributed by atoms with E-state index in [0.29, 0.717) is 17.9 Å². The first-order valence-corrected chi connectivity index (χ1v) is 9.36. The molecule has 0 aliphatic carbocycles. The zero-order chi connectivity index (χ0) is 19.1. The van der Waals surface area contributed by atoms with Crippen molar-refractivity contribution in [2.24, 2.45) is 5.92 Å². The Kier molecular flexibility index (Phi) is 6.60. The van der Waals surface area contributed by atoms with E-state index >= 15 is 0 Å². The zero-order valence-electron chi connectivity index (χ0n) is 15.3. The average molecular weight is 367 g/mol. The van der Waals surface area contributed by atoms with E-state index in [1.807, 2.05) is 30.3 Å². The molecule has 2 atom stereocenters. The zero-order valence-corrected chi connectivity index (χ0v) is 15.3. The third kappa shape index (κ3) is 5.41. The standard InChI is InChI=1S/C22H25NO4/c24-21(11-10-17-6-4-5-9-19(17)22(25)26)23-20(14-16-12-13-27-15-16)18-7-2-1-3-8-18/h1-9,16,20H,10-15H2,(H,23,24)(H,25,26). The van der Waals surface area contributed by atoms with Gasteiger partial charge in [-0.05, 0) is 42.4 Å². The van der Waals surface area contributed by atoms with Crippen molar-refractivity contribution >= 4 is 11.9 Å². The second-order valence-electron chi connectivity index (χ2n) is 6.96. The molecule has 1 amide bonds. The topological polar surface area (TPSA) is 75.6 Å². The van der Waals surface area contributed by atoms with Crippen LogP contribution >= 0.6 is 0 Å². The van der Waals surface area contributed by atoms with Crippen molar-refractivity contribution < 1.29 is 19.4 Å². The lowest BCUT2D eigenvalue weighted by atomic mass is 9.94. The number of carbonyl (C=O) groups is 2. The lowest BCUT2D eigenvalue weighted by Gasteiger charge is -2.22. The minimum Gasteiger partial charge on any atom is -0.478 e. The smallest absolute Gasteiger partial charge is 0.335 e. The number of rotatable bonds is 8. The van der Waals surface area contributed by atoms with Crippen LogP contribution in [0.3, 0.4) is 0 Å². The Hall–Kier alpha value is -2.66. The van der Waals surface area contributed by atoms with Crippen LogP contribution in [0.5, 0.6) is 0 Å². The van der Waals surface area contributed by atoms with Crippen LogP contribution < -0.4 is 5.32 Å². The molecule has 1 fully saturated rings. The van der Waals surface area contributed by atoms with E-state index < -0.39 is 5.97 Å². The summed E-state index contributed by atoms with van der Waals surface area (Å²) in [5, 5.41) is 12.4. The minimum atomic E-state index is -0.964. The van der Waals surface area contributed by atoms with E-state index in [2.05, 4.69) is 5.32 Å². The molecule has 0 aromatic heterocycles. The second kappa shape index (κ2) is 9.33. The molecule has 1 saturated heterocycles. The van der Waals surface area contributed by atoms with E-state index in [1.165, 1.54) is 0 Å². The first kappa shape index (κ1) is 19.1. The summed E-state index contributed by atoms with van der Waals surface area (Å²) in [6, 6.07) is 16.7. The Bertz CT molecular complexity index is 769. The van der Waals surface area contributed by atoms with Crippen molar-refractivity contribution in [3.63, 3.8) is 0 Å². The van der Waals surface area contributed by atoms with Crippen molar-refractivity contribution in [3.8, 4) is 0 Å². The molecule has 1 aliphatic rings. The maximum absolute atomic E-state index is 12.6. The molecular formula is C22H25NO4. The number of aromatic carboxylic acids is 1. The van der Waals surface area contributed by atoms with Crippen molar-refractivity contribution in [2.45, 2.75) is 31.7 Å². The van der Waals surface area contributed by atoms with Gasteiger partial charge >= 0.3 is 5.97 Å². The number of nitrogens with one attached hydrogen (secondary N) is 1.